The van der Waals surface area contributed by atoms with Gasteiger partial charge in [-0.3, -0.25) is 9.59 Å². The van der Waals surface area contributed by atoms with Gasteiger partial charge in [-0.25, -0.2) is 0 Å². The molecular weight excluding hydrogens is 356 g/mol. The average Bonchev–Trinajstić information content (AvgIpc) is 2.72. The summed E-state index contributed by atoms with van der Waals surface area (Å²) in [5, 5.41) is 0. The Kier molecular flexibility index (Phi) is 6.53. The minimum absolute atomic E-state index is 0.00734. The maximum Gasteiger partial charge on any atom is 0.260 e. The van der Waals surface area contributed by atoms with Crippen LogP contribution in [0, 0.1) is 13.8 Å². The fraction of sp³-hybridized carbons (Fsp3) is 0.364. The Morgan fingerprint density at radius 3 is 1.89 bits per heavy atom. The average molecular weight is 382 g/mol. The third kappa shape index (κ3) is 5.25. The molecule has 0 saturated carbocycles. The summed E-state index contributed by atoms with van der Waals surface area (Å²) in [6, 6.07) is 15.2. The van der Waals surface area contributed by atoms with Crippen LogP contribution in [0.3, 0.4) is 0 Å². The first kappa shape index (κ1) is 19.7. The minimum atomic E-state index is -0.0659. The van der Waals surface area contributed by atoms with Gasteiger partial charge >= 0.3 is 0 Å². The zero-order valence-corrected chi connectivity index (χ0v) is 16.4. The van der Waals surface area contributed by atoms with Crippen LogP contribution < -0.4 is 9.47 Å². The molecule has 1 fully saturated rings. The number of aryl methyl sites for hydroxylation is 2. The molecule has 28 heavy (non-hydrogen) atoms. The van der Waals surface area contributed by atoms with E-state index in [1.807, 2.05) is 62.4 Å². The highest BCUT2D eigenvalue weighted by atomic mass is 16.5. The molecule has 0 bridgehead atoms. The summed E-state index contributed by atoms with van der Waals surface area (Å²) in [4.78, 5) is 28.2. The van der Waals surface area contributed by atoms with Crippen LogP contribution in [0.5, 0.6) is 11.5 Å². The van der Waals surface area contributed by atoms with E-state index in [-0.39, 0.29) is 25.0 Å². The van der Waals surface area contributed by atoms with Crippen LogP contribution in [0.4, 0.5) is 0 Å². The number of nitrogens with zero attached hydrogens (tertiary/aromatic N) is 2. The fourth-order valence-electron chi connectivity index (χ4n) is 3.03. The first-order valence-electron chi connectivity index (χ1n) is 9.46. The highest BCUT2D eigenvalue weighted by Gasteiger charge is 2.24. The number of para-hydroxylation sites is 1. The second-order valence-corrected chi connectivity index (χ2v) is 6.92. The molecule has 3 rings (SSSR count). The monoisotopic (exact) mass is 382 g/mol. The van der Waals surface area contributed by atoms with Gasteiger partial charge in [0, 0.05) is 26.2 Å². The van der Waals surface area contributed by atoms with Crippen molar-refractivity contribution in [2.24, 2.45) is 0 Å². The molecule has 0 aliphatic carbocycles. The molecule has 6 nitrogen and oxygen atoms in total. The lowest BCUT2D eigenvalue weighted by atomic mass is 10.2. The van der Waals surface area contributed by atoms with Crippen molar-refractivity contribution in [3.63, 3.8) is 0 Å². The number of carbonyl (C=O) groups excluding carboxylic acids is 2. The lowest BCUT2D eigenvalue weighted by Gasteiger charge is -2.34. The van der Waals surface area contributed by atoms with E-state index in [4.69, 9.17) is 9.47 Å². The number of benzene rings is 2. The van der Waals surface area contributed by atoms with Gasteiger partial charge in [0.25, 0.3) is 11.8 Å². The largest absolute Gasteiger partial charge is 0.484 e. The van der Waals surface area contributed by atoms with Crippen molar-refractivity contribution in [1.29, 1.82) is 0 Å². The van der Waals surface area contributed by atoms with Crippen molar-refractivity contribution in [2.75, 3.05) is 39.4 Å². The van der Waals surface area contributed by atoms with Gasteiger partial charge in [0.15, 0.2) is 13.2 Å². The minimum Gasteiger partial charge on any atom is -0.484 e. The van der Waals surface area contributed by atoms with E-state index >= 15 is 0 Å². The molecule has 0 aromatic heterocycles. The third-order valence-corrected chi connectivity index (χ3v) is 4.81. The molecule has 2 aromatic carbocycles. The van der Waals surface area contributed by atoms with Crippen molar-refractivity contribution < 1.29 is 19.1 Å². The molecule has 2 aromatic rings. The van der Waals surface area contributed by atoms with E-state index < -0.39 is 0 Å². The number of rotatable bonds is 6. The van der Waals surface area contributed by atoms with E-state index in [0.29, 0.717) is 31.9 Å². The SMILES string of the molecule is Cc1ccc(OCC(=O)N2CCN(C(=O)COc3ccccc3C)CC2)cc1. The Labute approximate surface area is 165 Å². The van der Waals surface area contributed by atoms with Crippen LogP contribution >= 0.6 is 0 Å². The Morgan fingerprint density at radius 1 is 0.786 bits per heavy atom. The summed E-state index contributed by atoms with van der Waals surface area (Å²) in [7, 11) is 0. The maximum absolute atomic E-state index is 12.4. The van der Waals surface area contributed by atoms with Gasteiger partial charge in [0.1, 0.15) is 11.5 Å². The Bertz CT molecular complexity index is 812. The number of amides is 2. The third-order valence-electron chi connectivity index (χ3n) is 4.81. The van der Waals surface area contributed by atoms with Crippen LogP contribution in [0.2, 0.25) is 0 Å². The standard InChI is InChI=1S/C22H26N2O4/c1-17-7-9-19(10-8-17)27-15-21(25)23-11-13-24(14-12-23)22(26)16-28-20-6-4-3-5-18(20)2/h3-10H,11-16H2,1-2H3. The number of hydrogen-bond donors (Lipinski definition) is 0. The van der Waals surface area contributed by atoms with Crippen molar-refractivity contribution >= 4 is 11.8 Å². The summed E-state index contributed by atoms with van der Waals surface area (Å²) in [6.07, 6.45) is 0. The van der Waals surface area contributed by atoms with Crippen molar-refractivity contribution in [1.82, 2.24) is 9.80 Å². The predicted octanol–water partition coefficient (Wildman–Crippen LogP) is 2.43. The van der Waals surface area contributed by atoms with Gasteiger partial charge in [-0.2, -0.15) is 0 Å². The quantitative estimate of drug-likeness (QED) is 0.770. The van der Waals surface area contributed by atoms with Crippen LogP contribution in [-0.2, 0) is 9.59 Å². The molecule has 0 N–H and O–H groups in total. The predicted molar refractivity (Wildman–Crippen MR) is 107 cm³/mol. The lowest BCUT2D eigenvalue weighted by molar-refractivity contribution is -0.141. The second kappa shape index (κ2) is 9.26. The Balaban J connectivity index is 1.40. The molecule has 6 heteroatoms. The Morgan fingerprint density at radius 2 is 1.32 bits per heavy atom. The fourth-order valence-corrected chi connectivity index (χ4v) is 3.03. The van der Waals surface area contributed by atoms with E-state index in [1.165, 1.54) is 0 Å². The van der Waals surface area contributed by atoms with Crippen molar-refractivity contribution in [3.8, 4) is 11.5 Å². The van der Waals surface area contributed by atoms with Crippen LogP contribution in [0.1, 0.15) is 11.1 Å². The van der Waals surface area contributed by atoms with Gasteiger partial charge in [0.05, 0.1) is 0 Å². The molecule has 0 radical (unpaired) electrons. The summed E-state index contributed by atoms with van der Waals surface area (Å²) < 4.78 is 11.2. The molecule has 1 heterocycles. The number of ether oxygens (including phenoxy) is 2. The van der Waals surface area contributed by atoms with Gasteiger partial charge in [0.2, 0.25) is 0 Å². The molecule has 1 aliphatic heterocycles. The topological polar surface area (TPSA) is 59.1 Å². The van der Waals surface area contributed by atoms with E-state index in [9.17, 15) is 9.59 Å². The second-order valence-electron chi connectivity index (χ2n) is 6.92. The summed E-state index contributed by atoms with van der Waals surface area (Å²) >= 11 is 0. The van der Waals surface area contributed by atoms with Gasteiger partial charge in [-0.05, 0) is 37.6 Å². The smallest absolute Gasteiger partial charge is 0.260 e. The van der Waals surface area contributed by atoms with Crippen molar-refractivity contribution in [3.05, 3.63) is 59.7 Å². The molecule has 0 atom stereocenters. The zero-order valence-electron chi connectivity index (χ0n) is 16.4. The molecule has 0 spiro atoms. The Hall–Kier alpha value is -3.02. The van der Waals surface area contributed by atoms with Gasteiger partial charge in [-0.15, -0.1) is 0 Å². The summed E-state index contributed by atoms with van der Waals surface area (Å²) in [5.74, 6) is 1.27. The van der Waals surface area contributed by atoms with Crippen LogP contribution in [0.25, 0.3) is 0 Å². The number of hydrogen-bond acceptors (Lipinski definition) is 4. The first-order valence-corrected chi connectivity index (χ1v) is 9.46. The van der Waals surface area contributed by atoms with Gasteiger partial charge < -0.3 is 19.3 Å². The molecule has 0 unspecified atom stereocenters. The van der Waals surface area contributed by atoms with E-state index in [1.54, 1.807) is 9.80 Å². The summed E-state index contributed by atoms with van der Waals surface area (Å²) in [6.45, 7) is 5.99. The molecule has 148 valence electrons. The molecule has 2 amide bonds. The normalized spacial score (nSPS) is 13.9. The molecular formula is C22H26N2O4. The van der Waals surface area contributed by atoms with Crippen LogP contribution in [0.15, 0.2) is 48.5 Å². The first-order chi connectivity index (χ1) is 13.5. The lowest BCUT2D eigenvalue weighted by Crippen LogP contribution is -2.52. The van der Waals surface area contributed by atoms with Crippen molar-refractivity contribution in [2.45, 2.75) is 13.8 Å². The summed E-state index contributed by atoms with van der Waals surface area (Å²) in [5.41, 5.74) is 2.14. The number of piperazine rings is 1. The van der Waals surface area contributed by atoms with E-state index in [2.05, 4.69) is 0 Å². The zero-order chi connectivity index (χ0) is 19.9. The van der Waals surface area contributed by atoms with Gasteiger partial charge in [-0.1, -0.05) is 35.9 Å². The highest BCUT2D eigenvalue weighted by molar-refractivity contribution is 5.80. The number of carbonyl (C=O) groups is 2. The molecule has 1 saturated heterocycles. The van der Waals surface area contributed by atoms with Crippen LogP contribution in [-0.4, -0.2) is 61.0 Å². The maximum atomic E-state index is 12.4. The highest BCUT2D eigenvalue weighted by Crippen LogP contribution is 2.16. The molecule has 1 aliphatic rings. The van der Waals surface area contributed by atoms with E-state index in [0.717, 1.165) is 16.9 Å².